The molecule has 0 radical (unpaired) electrons. The van der Waals surface area contributed by atoms with Crippen molar-refractivity contribution in [3.63, 3.8) is 0 Å². The molecule has 1 amide bonds. The summed E-state index contributed by atoms with van der Waals surface area (Å²) in [6, 6.07) is 11.9. The van der Waals surface area contributed by atoms with Gasteiger partial charge < -0.3 is 5.32 Å². The van der Waals surface area contributed by atoms with Gasteiger partial charge in [-0.3, -0.25) is 4.79 Å². The van der Waals surface area contributed by atoms with Gasteiger partial charge >= 0.3 is 0 Å². The number of pyridine rings is 1. The lowest BCUT2D eigenvalue weighted by atomic mass is 9.70. The van der Waals surface area contributed by atoms with Crippen LogP contribution in [0.15, 0.2) is 36.5 Å². The smallest absolute Gasteiger partial charge is 0.223 e. The molecule has 0 spiro atoms. The number of nitrogens with zero attached hydrogens (tertiary/aromatic N) is 2. The van der Waals surface area contributed by atoms with E-state index in [1.54, 1.807) is 6.20 Å². The summed E-state index contributed by atoms with van der Waals surface area (Å²) >= 11 is 6.78. The fourth-order valence-electron chi connectivity index (χ4n) is 4.94. The average molecular weight is 394 g/mol. The molecule has 2 aliphatic rings. The molecule has 1 N–H and O–H groups in total. The molecular formula is C23H24ClN3O. The summed E-state index contributed by atoms with van der Waals surface area (Å²) in [5, 5.41) is 13.0. The molecule has 144 valence electrons. The summed E-state index contributed by atoms with van der Waals surface area (Å²) in [7, 11) is 0. The van der Waals surface area contributed by atoms with Gasteiger partial charge in [-0.15, -0.1) is 0 Å². The molecule has 1 aromatic carbocycles. The first-order valence-corrected chi connectivity index (χ1v) is 10.5. The van der Waals surface area contributed by atoms with E-state index < -0.39 is 0 Å². The maximum Gasteiger partial charge on any atom is 0.223 e. The SMILES string of the molecule is N#Cc1ncccc1-c1ccc(C(C2CCCCC2)C2CCNC2=O)c(Cl)c1. The molecule has 2 heterocycles. The first-order chi connectivity index (χ1) is 13.7. The van der Waals surface area contributed by atoms with Crippen molar-refractivity contribution in [3.8, 4) is 17.2 Å². The molecule has 4 rings (SSSR count). The first kappa shape index (κ1) is 19.0. The van der Waals surface area contributed by atoms with E-state index in [1.165, 1.54) is 19.3 Å². The van der Waals surface area contributed by atoms with Crippen LogP contribution in [0.2, 0.25) is 5.02 Å². The van der Waals surface area contributed by atoms with Crippen LogP contribution in [0.1, 0.15) is 55.7 Å². The lowest BCUT2D eigenvalue weighted by Crippen LogP contribution is -2.29. The molecular weight excluding hydrogens is 370 g/mol. The van der Waals surface area contributed by atoms with Gasteiger partial charge in [0.2, 0.25) is 5.91 Å². The van der Waals surface area contributed by atoms with Gasteiger partial charge in [0, 0.05) is 29.2 Å². The van der Waals surface area contributed by atoms with Crippen molar-refractivity contribution in [2.45, 2.75) is 44.4 Å². The van der Waals surface area contributed by atoms with Crippen LogP contribution in [0.5, 0.6) is 0 Å². The summed E-state index contributed by atoms with van der Waals surface area (Å²) in [5.41, 5.74) is 3.13. The Bertz CT molecular complexity index is 914. The van der Waals surface area contributed by atoms with Gasteiger partial charge in [0.15, 0.2) is 0 Å². The monoisotopic (exact) mass is 393 g/mol. The van der Waals surface area contributed by atoms with Crippen molar-refractivity contribution < 1.29 is 4.79 Å². The predicted molar refractivity (Wildman–Crippen MR) is 110 cm³/mol. The van der Waals surface area contributed by atoms with Crippen LogP contribution in [0.25, 0.3) is 11.1 Å². The highest BCUT2D eigenvalue weighted by molar-refractivity contribution is 6.31. The van der Waals surface area contributed by atoms with Gasteiger partial charge in [-0.1, -0.05) is 43.0 Å². The molecule has 1 aromatic heterocycles. The lowest BCUT2D eigenvalue weighted by molar-refractivity contribution is -0.123. The van der Waals surface area contributed by atoms with Crippen molar-refractivity contribution in [1.82, 2.24) is 10.3 Å². The van der Waals surface area contributed by atoms with E-state index >= 15 is 0 Å². The number of aromatic nitrogens is 1. The quantitative estimate of drug-likeness (QED) is 0.788. The molecule has 28 heavy (non-hydrogen) atoms. The highest BCUT2D eigenvalue weighted by atomic mass is 35.5. The van der Waals surface area contributed by atoms with Crippen LogP contribution in [0.4, 0.5) is 0 Å². The van der Waals surface area contributed by atoms with Gasteiger partial charge in [0.05, 0.1) is 0 Å². The van der Waals surface area contributed by atoms with Crippen molar-refractivity contribution in [3.05, 3.63) is 52.8 Å². The van der Waals surface area contributed by atoms with E-state index in [0.717, 1.165) is 42.5 Å². The van der Waals surface area contributed by atoms with E-state index in [-0.39, 0.29) is 17.7 Å². The molecule has 4 nitrogen and oxygen atoms in total. The fraction of sp³-hybridized carbons (Fsp3) is 0.435. The summed E-state index contributed by atoms with van der Waals surface area (Å²) in [5.74, 6) is 0.821. The van der Waals surface area contributed by atoms with Crippen molar-refractivity contribution in [1.29, 1.82) is 5.26 Å². The molecule has 1 aliphatic heterocycles. The molecule has 1 saturated heterocycles. The Balaban J connectivity index is 1.72. The number of halogens is 1. The average Bonchev–Trinajstić information content (AvgIpc) is 3.15. The normalized spacial score (nSPS) is 21.1. The number of benzene rings is 1. The Kier molecular flexibility index (Phi) is 5.64. The van der Waals surface area contributed by atoms with Crippen LogP contribution in [0.3, 0.4) is 0 Å². The fourth-order valence-corrected chi connectivity index (χ4v) is 5.25. The third kappa shape index (κ3) is 3.64. The van der Waals surface area contributed by atoms with Crippen LogP contribution in [-0.4, -0.2) is 17.4 Å². The molecule has 1 saturated carbocycles. The number of hydrogen-bond acceptors (Lipinski definition) is 3. The Morgan fingerprint density at radius 2 is 2.00 bits per heavy atom. The minimum absolute atomic E-state index is 0.000452. The molecule has 2 unspecified atom stereocenters. The van der Waals surface area contributed by atoms with Crippen molar-refractivity contribution in [2.75, 3.05) is 6.54 Å². The summed E-state index contributed by atoms with van der Waals surface area (Å²) < 4.78 is 0. The second-order valence-electron chi connectivity index (χ2n) is 7.86. The molecule has 5 heteroatoms. The molecule has 0 bridgehead atoms. The number of hydrogen-bond donors (Lipinski definition) is 1. The highest BCUT2D eigenvalue weighted by Crippen LogP contribution is 2.45. The van der Waals surface area contributed by atoms with E-state index in [1.807, 2.05) is 24.3 Å². The maximum atomic E-state index is 12.5. The Morgan fingerprint density at radius 1 is 1.18 bits per heavy atom. The minimum atomic E-state index is -0.000452. The zero-order chi connectivity index (χ0) is 19.5. The molecule has 2 aromatic rings. The number of nitrogens with one attached hydrogen (secondary N) is 1. The third-order valence-corrected chi connectivity index (χ3v) is 6.59. The van der Waals surface area contributed by atoms with Gasteiger partial charge in [0.25, 0.3) is 0 Å². The second-order valence-corrected chi connectivity index (χ2v) is 8.26. The zero-order valence-corrected chi connectivity index (χ0v) is 16.6. The van der Waals surface area contributed by atoms with Crippen molar-refractivity contribution >= 4 is 17.5 Å². The third-order valence-electron chi connectivity index (χ3n) is 6.27. The highest BCUT2D eigenvalue weighted by Gasteiger charge is 2.39. The molecule has 2 atom stereocenters. The van der Waals surface area contributed by atoms with Gasteiger partial charge in [-0.05, 0) is 60.4 Å². The van der Waals surface area contributed by atoms with E-state index in [2.05, 4.69) is 22.4 Å². The zero-order valence-electron chi connectivity index (χ0n) is 15.8. The lowest BCUT2D eigenvalue weighted by Gasteiger charge is -2.34. The van der Waals surface area contributed by atoms with E-state index in [0.29, 0.717) is 16.6 Å². The van der Waals surface area contributed by atoms with Gasteiger partial charge in [-0.25, -0.2) is 4.98 Å². The molecule has 2 fully saturated rings. The summed E-state index contributed by atoms with van der Waals surface area (Å²) in [6.45, 7) is 0.754. The van der Waals surface area contributed by atoms with Crippen LogP contribution >= 0.6 is 11.6 Å². The number of rotatable bonds is 4. The first-order valence-electron chi connectivity index (χ1n) is 10.1. The number of amides is 1. The maximum absolute atomic E-state index is 12.5. The van der Waals surface area contributed by atoms with E-state index in [4.69, 9.17) is 11.6 Å². The predicted octanol–water partition coefficient (Wildman–Crippen LogP) is 5.07. The number of carbonyl (C=O) groups is 1. The van der Waals surface area contributed by atoms with E-state index in [9.17, 15) is 10.1 Å². The summed E-state index contributed by atoms with van der Waals surface area (Å²) in [6.07, 6.45) is 8.56. The number of carbonyl (C=O) groups excluding carboxylic acids is 1. The Labute approximate surface area is 170 Å². The van der Waals surface area contributed by atoms with Gasteiger partial charge in [-0.2, -0.15) is 5.26 Å². The summed E-state index contributed by atoms with van der Waals surface area (Å²) in [4.78, 5) is 16.7. The topological polar surface area (TPSA) is 65.8 Å². The van der Waals surface area contributed by atoms with Crippen LogP contribution in [0, 0.1) is 23.2 Å². The Morgan fingerprint density at radius 3 is 2.68 bits per heavy atom. The Hall–Kier alpha value is -2.38. The minimum Gasteiger partial charge on any atom is -0.356 e. The van der Waals surface area contributed by atoms with Crippen LogP contribution in [-0.2, 0) is 4.79 Å². The molecule has 1 aliphatic carbocycles. The van der Waals surface area contributed by atoms with Gasteiger partial charge in [0.1, 0.15) is 11.8 Å². The number of nitriles is 1. The second kappa shape index (κ2) is 8.32. The standard InChI is InChI=1S/C23H24ClN3O/c24-20-13-16(17-7-4-11-26-21(17)14-25)8-9-18(20)22(15-5-2-1-3-6-15)19-10-12-27-23(19)28/h4,7-9,11,13,15,19,22H,1-3,5-6,10,12H2,(H,27,28). The van der Waals surface area contributed by atoms with Crippen LogP contribution < -0.4 is 5.32 Å². The van der Waals surface area contributed by atoms with Crippen molar-refractivity contribution in [2.24, 2.45) is 11.8 Å². The largest absolute Gasteiger partial charge is 0.356 e.